The van der Waals surface area contributed by atoms with Crippen molar-refractivity contribution in [1.29, 1.82) is 0 Å². The molecular weight excluding hydrogens is 178 g/mol. The van der Waals surface area contributed by atoms with Crippen LogP contribution in [0.2, 0.25) is 0 Å². The summed E-state index contributed by atoms with van der Waals surface area (Å²) in [5, 5.41) is 0. The Labute approximate surface area is 76.6 Å². The van der Waals surface area contributed by atoms with Gasteiger partial charge in [0.05, 0.1) is 6.61 Å². The second-order valence-corrected chi connectivity index (χ2v) is 2.54. The van der Waals surface area contributed by atoms with Gasteiger partial charge >= 0.3 is 5.97 Å². The molecule has 0 aromatic carbocycles. The van der Waals surface area contributed by atoms with E-state index in [2.05, 4.69) is 4.74 Å². The monoisotopic (exact) mass is 192 g/mol. The van der Waals surface area contributed by atoms with Gasteiger partial charge in [0.2, 0.25) is 5.83 Å². The first-order valence-corrected chi connectivity index (χ1v) is 4.34. The van der Waals surface area contributed by atoms with Crippen LogP contribution in [0.3, 0.4) is 0 Å². The Morgan fingerprint density at radius 3 is 2.38 bits per heavy atom. The van der Waals surface area contributed by atoms with Crippen molar-refractivity contribution in [3.05, 3.63) is 11.7 Å². The maximum atomic E-state index is 12.8. The highest BCUT2D eigenvalue weighted by atomic mass is 19.2. The number of unbranched alkanes of at least 4 members (excludes halogenated alkanes) is 1. The molecule has 0 saturated carbocycles. The molecule has 4 heteroatoms. The second kappa shape index (κ2) is 6.57. The van der Waals surface area contributed by atoms with E-state index in [0.717, 1.165) is 6.42 Å². The zero-order chi connectivity index (χ0) is 10.3. The quantitative estimate of drug-likeness (QED) is 0.494. The third-order valence-electron chi connectivity index (χ3n) is 1.44. The first-order valence-electron chi connectivity index (χ1n) is 4.34. The molecule has 13 heavy (non-hydrogen) atoms. The SMILES string of the molecule is CCCC/C(F)=C(\F)C(=O)OCC. The van der Waals surface area contributed by atoms with E-state index < -0.39 is 17.6 Å². The lowest BCUT2D eigenvalue weighted by molar-refractivity contribution is -0.140. The van der Waals surface area contributed by atoms with Gasteiger partial charge in [-0.2, -0.15) is 4.39 Å². The summed E-state index contributed by atoms with van der Waals surface area (Å²) < 4.78 is 29.8. The van der Waals surface area contributed by atoms with Crippen LogP contribution < -0.4 is 0 Å². The summed E-state index contributed by atoms with van der Waals surface area (Å²) in [5.41, 5.74) is 0. The molecule has 0 rings (SSSR count). The molecule has 0 amide bonds. The highest BCUT2D eigenvalue weighted by Gasteiger charge is 2.15. The Balaban J connectivity index is 4.15. The Morgan fingerprint density at radius 2 is 1.92 bits per heavy atom. The van der Waals surface area contributed by atoms with E-state index >= 15 is 0 Å². The third kappa shape index (κ3) is 4.60. The fourth-order valence-corrected chi connectivity index (χ4v) is 0.747. The molecule has 0 unspecified atom stereocenters. The molecule has 0 heterocycles. The van der Waals surface area contributed by atoms with E-state index in [9.17, 15) is 13.6 Å². The lowest BCUT2D eigenvalue weighted by Gasteiger charge is -2.00. The number of hydrogen-bond donors (Lipinski definition) is 0. The highest BCUT2D eigenvalue weighted by molar-refractivity contribution is 5.86. The summed E-state index contributed by atoms with van der Waals surface area (Å²) in [4.78, 5) is 10.7. The van der Waals surface area contributed by atoms with Gasteiger partial charge < -0.3 is 4.74 Å². The third-order valence-corrected chi connectivity index (χ3v) is 1.44. The van der Waals surface area contributed by atoms with Crippen LogP contribution in [0.5, 0.6) is 0 Å². The molecule has 2 nitrogen and oxygen atoms in total. The molecule has 76 valence electrons. The van der Waals surface area contributed by atoms with E-state index in [-0.39, 0.29) is 13.0 Å². The Hall–Kier alpha value is -0.930. The average molecular weight is 192 g/mol. The lowest BCUT2D eigenvalue weighted by Crippen LogP contribution is -2.05. The summed E-state index contributed by atoms with van der Waals surface area (Å²) >= 11 is 0. The van der Waals surface area contributed by atoms with Crippen molar-refractivity contribution in [2.24, 2.45) is 0 Å². The van der Waals surface area contributed by atoms with Crippen molar-refractivity contribution in [2.75, 3.05) is 6.61 Å². The van der Waals surface area contributed by atoms with Crippen LogP contribution in [0.1, 0.15) is 33.1 Å². The van der Waals surface area contributed by atoms with Crippen molar-refractivity contribution in [1.82, 2.24) is 0 Å². The van der Waals surface area contributed by atoms with Gasteiger partial charge in [-0.1, -0.05) is 13.3 Å². The van der Waals surface area contributed by atoms with Crippen LogP contribution in [-0.4, -0.2) is 12.6 Å². The molecule has 0 aromatic rings. The molecule has 0 aliphatic carbocycles. The lowest BCUT2D eigenvalue weighted by atomic mass is 10.2. The van der Waals surface area contributed by atoms with Crippen LogP contribution in [0, 0.1) is 0 Å². The first kappa shape index (κ1) is 12.1. The van der Waals surface area contributed by atoms with Crippen LogP contribution >= 0.6 is 0 Å². The number of halogens is 2. The Bertz CT molecular complexity index is 200. The van der Waals surface area contributed by atoms with Crippen molar-refractivity contribution in [3.63, 3.8) is 0 Å². The zero-order valence-corrected chi connectivity index (χ0v) is 7.90. The van der Waals surface area contributed by atoms with Gasteiger partial charge in [0.15, 0.2) is 0 Å². The molecule has 0 N–H and O–H groups in total. The molecule has 0 aromatic heterocycles. The Morgan fingerprint density at radius 1 is 1.31 bits per heavy atom. The minimum atomic E-state index is -1.39. The van der Waals surface area contributed by atoms with Gasteiger partial charge in [-0.25, -0.2) is 9.18 Å². The minimum Gasteiger partial charge on any atom is -0.461 e. The molecule has 0 aliphatic heterocycles. The second-order valence-electron chi connectivity index (χ2n) is 2.54. The number of esters is 1. The van der Waals surface area contributed by atoms with Crippen molar-refractivity contribution >= 4 is 5.97 Å². The molecular formula is C9H14F2O2. The summed E-state index contributed by atoms with van der Waals surface area (Å²) in [7, 11) is 0. The van der Waals surface area contributed by atoms with Gasteiger partial charge in [-0.05, 0) is 13.3 Å². The number of carbonyl (C=O) groups is 1. The van der Waals surface area contributed by atoms with Gasteiger partial charge in [0, 0.05) is 6.42 Å². The predicted molar refractivity (Wildman–Crippen MR) is 45.4 cm³/mol. The zero-order valence-electron chi connectivity index (χ0n) is 7.90. The van der Waals surface area contributed by atoms with Crippen LogP contribution in [0.15, 0.2) is 11.7 Å². The Kier molecular flexibility index (Phi) is 6.10. The van der Waals surface area contributed by atoms with Gasteiger partial charge in [-0.15, -0.1) is 0 Å². The molecule has 0 atom stereocenters. The predicted octanol–water partition coefficient (Wildman–Crippen LogP) is 2.89. The molecule has 0 spiro atoms. The summed E-state index contributed by atoms with van der Waals surface area (Å²) in [6, 6.07) is 0. The van der Waals surface area contributed by atoms with Crippen molar-refractivity contribution in [2.45, 2.75) is 33.1 Å². The fraction of sp³-hybridized carbons (Fsp3) is 0.667. The summed E-state index contributed by atoms with van der Waals surface area (Å²) in [6.07, 6.45) is 1.24. The van der Waals surface area contributed by atoms with Crippen LogP contribution in [0.4, 0.5) is 8.78 Å². The van der Waals surface area contributed by atoms with Crippen LogP contribution in [-0.2, 0) is 9.53 Å². The first-order chi connectivity index (χ1) is 6.13. The van der Waals surface area contributed by atoms with E-state index in [1.807, 2.05) is 6.92 Å². The number of ether oxygens (including phenoxy) is 1. The minimum absolute atomic E-state index is 0.0405. The van der Waals surface area contributed by atoms with Gasteiger partial charge in [0.1, 0.15) is 5.83 Å². The average Bonchev–Trinajstić information content (AvgIpc) is 2.13. The molecule has 0 fully saturated rings. The topological polar surface area (TPSA) is 26.3 Å². The summed E-state index contributed by atoms with van der Waals surface area (Å²) in [5.74, 6) is -3.62. The molecule has 0 saturated heterocycles. The normalized spacial score (nSPS) is 12.3. The largest absolute Gasteiger partial charge is 0.461 e. The maximum absolute atomic E-state index is 12.8. The maximum Gasteiger partial charge on any atom is 0.369 e. The van der Waals surface area contributed by atoms with Crippen LogP contribution in [0.25, 0.3) is 0 Å². The van der Waals surface area contributed by atoms with Crippen molar-refractivity contribution in [3.8, 4) is 0 Å². The van der Waals surface area contributed by atoms with E-state index in [1.54, 1.807) is 0 Å². The van der Waals surface area contributed by atoms with Gasteiger partial charge in [0.25, 0.3) is 0 Å². The number of hydrogen-bond acceptors (Lipinski definition) is 2. The highest BCUT2D eigenvalue weighted by Crippen LogP contribution is 2.16. The van der Waals surface area contributed by atoms with E-state index in [0.29, 0.717) is 6.42 Å². The molecule has 0 bridgehead atoms. The molecule has 0 radical (unpaired) electrons. The van der Waals surface area contributed by atoms with Gasteiger partial charge in [-0.3, -0.25) is 0 Å². The van der Waals surface area contributed by atoms with E-state index in [1.165, 1.54) is 6.92 Å². The standard InChI is InChI=1S/C9H14F2O2/c1-3-5-6-7(10)8(11)9(12)13-4-2/h3-6H2,1-2H3/b8-7+. The number of carbonyl (C=O) groups excluding carboxylic acids is 1. The van der Waals surface area contributed by atoms with E-state index in [4.69, 9.17) is 0 Å². The smallest absolute Gasteiger partial charge is 0.369 e. The molecule has 0 aliphatic rings. The summed E-state index contributed by atoms with van der Waals surface area (Å²) in [6.45, 7) is 3.44. The number of allylic oxidation sites excluding steroid dienone is 1. The number of rotatable bonds is 5. The fourth-order valence-electron chi connectivity index (χ4n) is 0.747. The van der Waals surface area contributed by atoms with Crippen molar-refractivity contribution < 1.29 is 18.3 Å².